The number of carbonyl (C=O) groups excluding carboxylic acids is 1. The molecule has 3 fully saturated rings. The van der Waals surface area contributed by atoms with E-state index in [1.807, 2.05) is 23.1 Å². The first kappa shape index (κ1) is 14.2. The molecule has 0 aromatic carbocycles. The minimum atomic E-state index is 0.123. The molecule has 4 nitrogen and oxygen atoms in total. The number of amides is 1. The summed E-state index contributed by atoms with van der Waals surface area (Å²) in [5.41, 5.74) is 1.65. The Bertz CT molecular complexity index is 569. The van der Waals surface area contributed by atoms with Crippen LogP contribution in [0.2, 0.25) is 0 Å². The first-order valence-electron chi connectivity index (χ1n) is 8.57. The highest BCUT2D eigenvalue weighted by molar-refractivity contribution is 5.92. The molecule has 1 aromatic heterocycles. The fourth-order valence-electron chi connectivity index (χ4n) is 3.80. The lowest BCUT2D eigenvalue weighted by molar-refractivity contribution is 0.0600. The molecule has 118 valence electrons. The van der Waals surface area contributed by atoms with Gasteiger partial charge in [0.1, 0.15) is 5.69 Å². The van der Waals surface area contributed by atoms with Gasteiger partial charge >= 0.3 is 0 Å². The van der Waals surface area contributed by atoms with E-state index in [2.05, 4.69) is 23.7 Å². The molecule has 2 aliphatic heterocycles. The van der Waals surface area contributed by atoms with Crippen LogP contribution in [0, 0.1) is 23.7 Å². The number of hydrogen-bond acceptors (Lipinski definition) is 3. The molecule has 1 aromatic rings. The third-order valence-corrected chi connectivity index (χ3v) is 5.61. The van der Waals surface area contributed by atoms with Crippen molar-refractivity contribution in [3.63, 3.8) is 0 Å². The number of rotatable bonds is 4. The summed E-state index contributed by atoms with van der Waals surface area (Å²) in [5.74, 6) is 3.26. The number of likely N-dealkylation sites (tertiary alicyclic amines) is 2. The van der Waals surface area contributed by atoms with Gasteiger partial charge in [-0.25, -0.2) is 4.98 Å². The monoisotopic (exact) mass is 299 g/mol. The highest BCUT2D eigenvalue weighted by Gasteiger charge is 2.46. The maximum atomic E-state index is 12.5. The van der Waals surface area contributed by atoms with E-state index >= 15 is 0 Å². The van der Waals surface area contributed by atoms with E-state index in [0.29, 0.717) is 5.69 Å². The lowest BCUT2D eigenvalue weighted by Gasteiger charge is -2.41. The van der Waals surface area contributed by atoms with E-state index in [0.717, 1.165) is 62.1 Å². The zero-order chi connectivity index (χ0) is 15.3. The summed E-state index contributed by atoms with van der Waals surface area (Å²) in [5, 5.41) is 0. The van der Waals surface area contributed by atoms with E-state index in [4.69, 9.17) is 0 Å². The quantitative estimate of drug-likeness (QED) is 0.855. The van der Waals surface area contributed by atoms with Gasteiger partial charge in [0.2, 0.25) is 0 Å². The van der Waals surface area contributed by atoms with Crippen LogP contribution in [0.25, 0.3) is 0 Å². The van der Waals surface area contributed by atoms with Gasteiger partial charge in [-0.3, -0.25) is 9.69 Å². The predicted octanol–water partition coefficient (Wildman–Crippen LogP) is 2.26. The second-order valence-corrected chi connectivity index (χ2v) is 7.68. The molecule has 3 heterocycles. The van der Waals surface area contributed by atoms with Gasteiger partial charge in [0, 0.05) is 32.7 Å². The molecular weight excluding hydrogens is 274 g/mol. The van der Waals surface area contributed by atoms with Crippen LogP contribution in [0.15, 0.2) is 18.2 Å². The average molecular weight is 299 g/mol. The minimum Gasteiger partial charge on any atom is -0.337 e. The molecule has 22 heavy (non-hydrogen) atoms. The van der Waals surface area contributed by atoms with Crippen LogP contribution < -0.4 is 0 Å². The van der Waals surface area contributed by atoms with Crippen molar-refractivity contribution < 1.29 is 4.79 Å². The molecule has 1 saturated carbocycles. The molecule has 0 spiro atoms. The number of carbonyl (C=O) groups is 1. The van der Waals surface area contributed by atoms with Crippen LogP contribution in [0.3, 0.4) is 0 Å². The lowest BCUT2D eigenvalue weighted by Crippen LogP contribution is -2.48. The topological polar surface area (TPSA) is 36.4 Å². The van der Waals surface area contributed by atoms with Crippen LogP contribution in [-0.4, -0.2) is 46.9 Å². The van der Waals surface area contributed by atoms with Crippen LogP contribution in [0.5, 0.6) is 0 Å². The van der Waals surface area contributed by atoms with E-state index in [9.17, 15) is 4.79 Å². The Morgan fingerprint density at radius 1 is 1.23 bits per heavy atom. The van der Waals surface area contributed by atoms with Gasteiger partial charge in [0.05, 0.1) is 5.69 Å². The third-order valence-electron chi connectivity index (χ3n) is 5.61. The molecule has 2 saturated heterocycles. The highest BCUT2D eigenvalue weighted by Crippen LogP contribution is 2.45. The standard InChI is InChI=1S/C18H25N3O/c1-12(2)15-7-20(8-15)11-16-4-3-5-17(19-16)18(22)21-9-13-6-14(13)10-21/h3-5,12-15H,6-11H2,1-2H3. The second-order valence-electron chi connectivity index (χ2n) is 7.68. The molecule has 4 rings (SSSR count). The van der Waals surface area contributed by atoms with Gasteiger partial charge in [0.25, 0.3) is 5.91 Å². The number of hydrogen-bond donors (Lipinski definition) is 0. The Kier molecular flexibility index (Phi) is 3.44. The van der Waals surface area contributed by atoms with Crippen molar-refractivity contribution in [2.75, 3.05) is 26.2 Å². The molecule has 2 atom stereocenters. The number of nitrogens with zero attached hydrogens (tertiary/aromatic N) is 3. The SMILES string of the molecule is CC(C)C1CN(Cc2cccc(C(=O)N3CC4CC4C3)n2)C1. The fourth-order valence-corrected chi connectivity index (χ4v) is 3.80. The number of pyridine rings is 1. The Balaban J connectivity index is 1.37. The average Bonchev–Trinajstić information content (AvgIpc) is 3.08. The van der Waals surface area contributed by atoms with Crippen molar-refractivity contribution in [1.29, 1.82) is 0 Å². The van der Waals surface area contributed by atoms with Crippen LogP contribution in [0.4, 0.5) is 0 Å². The smallest absolute Gasteiger partial charge is 0.272 e. The van der Waals surface area contributed by atoms with Gasteiger partial charge in [-0.2, -0.15) is 0 Å². The van der Waals surface area contributed by atoms with Crippen molar-refractivity contribution >= 4 is 5.91 Å². The molecular formula is C18H25N3O. The summed E-state index contributed by atoms with van der Waals surface area (Å²) in [6.07, 6.45) is 1.32. The zero-order valence-electron chi connectivity index (χ0n) is 13.5. The number of piperidine rings is 1. The summed E-state index contributed by atoms with van der Waals surface area (Å²) >= 11 is 0. The zero-order valence-corrected chi connectivity index (χ0v) is 13.5. The maximum Gasteiger partial charge on any atom is 0.272 e. The van der Waals surface area contributed by atoms with Gasteiger partial charge < -0.3 is 4.90 Å². The maximum absolute atomic E-state index is 12.5. The largest absolute Gasteiger partial charge is 0.337 e. The molecule has 0 N–H and O–H groups in total. The van der Waals surface area contributed by atoms with Crippen molar-refractivity contribution in [3.8, 4) is 0 Å². The molecule has 1 aliphatic carbocycles. The van der Waals surface area contributed by atoms with Crippen LogP contribution >= 0.6 is 0 Å². The van der Waals surface area contributed by atoms with Crippen LogP contribution in [0.1, 0.15) is 36.5 Å². The fraction of sp³-hybridized carbons (Fsp3) is 0.667. The van der Waals surface area contributed by atoms with Crippen molar-refractivity contribution in [2.45, 2.75) is 26.8 Å². The van der Waals surface area contributed by atoms with Gasteiger partial charge in [-0.05, 0) is 42.2 Å². The third kappa shape index (κ3) is 2.65. The van der Waals surface area contributed by atoms with E-state index in [1.165, 1.54) is 6.42 Å². The Labute approximate surface area is 132 Å². The highest BCUT2D eigenvalue weighted by atomic mass is 16.2. The summed E-state index contributed by atoms with van der Waals surface area (Å²) in [4.78, 5) is 21.6. The predicted molar refractivity (Wildman–Crippen MR) is 85.3 cm³/mol. The van der Waals surface area contributed by atoms with E-state index in [1.54, 1.807) is 0 Å². The van der Waals surface area contributed by atoms with E-state index < -0.39 is 0 Å². The summed E-state index contributed by atoms with van der Waals surface area (Å²) in [6, 6.07) is 5.88. The van der Waals surface area contributed by atoms with Gasteiger partial charge in [0.15, 0.2) is 0 Å². The Morgan fingerprint density at radius 2 is 1.95 bits per heavy atom. The molecule has 1 amide bonds. The molecule has 0 bridgehead atoms. The normalized spacial score (nSPS) is 27.9. The first-order chi connectivity index (χ1) is 10.6. The summed E-state index contributed by atoms with van der Waals surface area (Å²) < 4.78 is 0. The summed E-state index contributed by atoms with van der Waals surface area (Å²) in [6.45, 7) is 9.66. The number of fused-ring (bicyclic) bond motifs is 1. The molecule has 3 aliphatic rings. The Morgan fingerprint density at radius 3 is 2.64 bits per heavy atom. The molecule has 4 heteroatoms. The molecule has 0 radical (unpaired) electrons. The lowest BCUT2D eigenvalue weighted by atomic mass is 9.88. The minimum absolute atomic E-state index is 0.123. The van der Waals surface area contributed by atoms with Gasteiger partial charge in [-0.1, -0.05) is 19.9 Å². The van der Waals surface area contributed by atoms with Crippen molar-refractivity contribution in [2.24, 2.45) is 23.7 Å². The molecule has 2 unspecified atom stereocenters. The first-order valence-corrected chi connectivity index (χ1v) is 8.57. The summed E-state index contributed by atoms with van der Waals surface area (Å²) in [7, 11) is 0. The van der Waals surface area contributed by atoms with Crippen molar-refractivity contribution in [3.05, 3.63) is 29.6 Å². The number of aromatic nitrogens is 1. The Hall–Kier alpha value is -1.42. The van der Waals surface area contributed by atoms with E-state index in [-0.39, 0.29) is 5.91 Å². The van der Waals surface area contributed by atoms with Gasteiger partial charge in [-0.15, -0.1) is 0 Å². The second kappa shape index (κ2) is 5.34. The van der Waals surface area contributed by atoms with Crippen molar-refractivity contribution in [1.82, 2.24) is 14.8 Å². The van der Waals surface area contributed by atoms with Crippen LogP contribution in [-0.2, 0) is 6.54 Å².